The molecule has 0 saturated carbocycles. The number of carbonyl (C=O) groups is 1. The first-order chi connectivity index (χ1) is 11.8. The fourth-order valence-electron chi connectivity index (χ4n) is 2.75. The maximum atomic E-state index is 11.0. The Kier molecular flexibility index (Phi) is 3.84. The van der Waals surface area contributed by atoms with E-state index >= 15 is 0 Å². The molecule has 6 N–H and O–H groups in total. The number of aromatic hydroxyl groups is 5. The van der Waals surface area contributed by atoms with Crippen molar-refractivity contribution in [2.24, 2.45) is 0 Å². The van der Waals surface area contributed by atoms with Crippen molar-refractivity contribution in [3.8, 4) is 34.5 Å². The number of hydrogen-bond acceptors (Lipinski definition) is 8. The highest BCUT2D eigenvalue weighted by molar-refractivity contribution is 5.59. The van der Waals surface area contributed by atoms with Gasteiger partial charge in [0.2, 0.25) is 0 Å². The number of carboxylic acid groups (broad SMARTS) is 1. The highest BCUT2D eigenvalue weighted by Crippen LogP contribution is 2.45. The molecular formula is C16H14O9. The largest absolute Gasteiger partial charge is 0.508 e. The molecule has 0 saturated heterocycles. The van der Waals surface area contributed by atoms with Crippen molar-refractivity contribution in [3.05, 3.63) is 35.4 Å². The molecule has 0 aliphatic carbocycles. The number of hydrogen-bond donors (Lipinski definition) is 6. The van der Waals surface area contributed by atoms with E-state index in [1.165, 1.54) is 6.07 Å². The third-order valence-electron chi connectivity index (χ3n) is 3.84. The van der Waals surface area contributed by atoms with Crippen LogP contribution in [0.5, 0.6) is 34.5 Å². The van der Waals surface area contributed by atoms with Gasteiger partial charge in [0.1, 0.15) is 17.2 Å². The summed E-state index contributed by atoms with van der Waals surface area (Å²) in [5, 5.41) is 57.2. The van der Waals surface area contributed by atoms with E-state index in [0.717, 1.165) is 18.2 Å². The molecule has 0 aromatic heterocycles. The minimum Gasteiger partial charge on any atom is -0.508 e. The molecule has 3 rings (SSSR count). The Hall–Kier alpha value is -3.49. The van der Waals surface area contributed by atoms with Crippen LogP contribution in [0.15, 0.2) is 24.3 Å². The van der Waals surface area contributed by atoms with Crippen molar-refractivity contribution in [2.75, 3.05) is 0 Å². The lowest BCUT2D eigenvalue weighted by atomic mass is 9.93. The lowest BCUT2D eigenvalue weighted by molar-refractivity contribution is -0.0192. The van der Waals surface area contributed by atoms with Crippen molar-refractivity contribution in [3.63, 3.8) is 0 Å². The van der Waals surface area contributed by atoms with Crippen LogP contribution in [0.4, 0.5) is 4.79 Å². The van der Waals surface area contributed by atoms with E-state index in [9.17, 15) is 30.3 Å². The van der Waals surface area contributed by atoms with Gasteiger partial charge >= 0.3 is 6.16 Å². The number of fused-ring (bicyclic) bond motifs is 1. The molecule has 1 aliphatic heterocycles. The van der Waals surface area contributed by atoms with Crippen LogP contribution in [0, 0.1) is 0 Å². The third kappa shape index (κ3) is 2.99. The Bertz CT molecular complexity index is 823. The molecule has 0 spiro atoms. The number of phenols is 5. The summed E-state index contributed by atoms with van der Waals surface area (Å²) in [7, 11) is 0. The average molecular weight is 350 g/mol. The van der Waals surface area contributed by atoms with Crippen LogP contribution in [0.2, 0.25) is 0 Å². The molecule has 2 atom stereocenters. The fourth-order valence-corrected chi connectivity index (χ4v) is 2.75. The van der Waals surface area contributed by atoms with Crippen molar-refractivity contribution in [1.29, 1.82) is 0 Å². The van der Waals surface area contributed by atoms with Gasteiger partial charge in [-0.05, 0) is 12.1 Å². The Morgan fingerprint density at radius 2 is 1.64 bits per heavy atom. The van der Waals surface area contributed by atoms with Crippen molar-refractivity contribution < 1.29 is 44.9 Å². The average Bonchev–Trinajstić information content (AvgIpc) is 2.51. The molecule has 0 unspecified atom stereocenters. The molecule has 0 bridgehead atoms. The van der Waals surface area contributed by atoms with Crippen LogP contribution in [0.1, 0.15) is 17.2 Å². The Morgan fingerprint density at radius 3 is 2.24 bits per heavy atom. The van der Waals surface area contributed by atoms with E-state index in [1.807, 2.05) is 0 Å². The topological polar surface area (TPSA) is 157 Å². The molecule has 2 aromatic carbocycles. The third-order valence-corrected chi connectivity index (χ3v) is 3.84. The SMILES string of the molecule is O=C(O)O[C@@H]1Cc2c(O)cc(O)cc2O[C@@H]1c1cc(O)c(O)c(O)c1. The number of rotatable bonds is 2. The zero-order valence-electron chi connectivity index (χ0n) is 12.6. The second-order valence-electron chi connectivity index (χ2n) is 5.51. The lowest BCUT2D eigenvalue weighted by Gasteiger charge is -2.33. The minimum absolute atomic E-state index is 0.0686. The fraction of sp³-hybridized carbons (Fsp3) is 0.188. The summed E-state index contributed by atoms with van der Waals surface area (Å²) in [4.78, 5) is 11.0. The summed E-state index contributed by atoms with van der Waals surface area (Å²) in [6.45, 7) is 0. The summed E-state index contributed by atoms with van der Waals surface area (Å²) < 4.78 is 10.4. The molecular weight excluding hydrogens is 336 g/mol. The lowest BCUT2D eigenvalue weighted by Crippen LogP contribution is -2.34. The molecule has 0 amide bonds. The van der Waals surface area contributed by atoms with Crippen molar-refractivity contribution >= 4 is 6.16 Å². The van der Waals surface area contributed by atoms with Crippen LogP contribution in [-0.2, 0) is 11.2 Å². The van der Waals surface area contributed by atoms with Crippen LogP contribution in [0.25, 0.3) is 0 Å². The van der Waals surface area contributed by atoms with Gasteiger partial charge < -0.3 is 40.1 Å². The first kappa shape index (κ1) is 16.4. The van der Waals surface area contributed by atoms with Gasteiger partial charge in [-0.15, -0.1) is 0 Å². The molecule has 1 aliphatic rings. The van der Waals surface area contributed by atoms with Crippen LogP contribution >= 0.6 is 0 Å². The second kappa shape index (κ2) is 5.86. The quantitative estimate of drug-likeness (QED) is 0.352. The van der Waals surface area contributed by atoms with Gasteiger partial charge in [-0.1, -0.05) is 0 Å². The van der Waals surface area contributed by atoms with E-state index in [4.69, 9.17) is 14.6 Å². The monoisotopic (exact) mass is 350 g/mol. The van der Waals surface area contributed by atoms with E-state index < -0.39 is 35.6 Å². The van der Waals surface area contributed by atoms with Gasteiger partial charge in [-0.3, -0.25) is 0 Å². The summed E-state index contributed by atoms with van der Waals surface area (Å²) in [6, 6.07) is 4.49. The summed E-state index contributed by atoms with van der Waals surface area (Å²) >= 11 is 0. The molecule has 132 valence electrons. The molecule has 2 aromatic rings. The van der Waals surface area contributed by atoms with Gasteiger partial charge in [-0.2, -0.15) is 0 Å². The highest BCUT2D eigenvalue weighted by atomic mass is 16.7. The smallest absolute Gasteiger partial charge is 0.506 e. The van der Waals surface area contributed by atoms with E-state index in [1.54, 1.807) is 0 Å². The van der Waals surface area contributed by atoms with Gasteiger partial charge in [0.15, 0.2) is 29.5 Å². The van der Waals surface area contributed by atoms with Gasteiger partial charge in [-0.25, -0.2) is 4.79 Å². The maximum absolute atomic E-state index is 11.0. The van der Waals surface area contributed by atoms with Crippen molar-refractivity contribution in [1.82, 2.24) is 0 Å². The zero-order valence-corrected chi connectivity index (χ0v) is 12.6. The highest BCUT2D eigenvalue weighted by Gasteiger charge is 2.37. The predicted octanol–water partition coefficient (Wildman–Crippen LogP) is 1.95. The summed E-state index contributed by atoms with van der Waals surface area (Å²) in [5.41, 5.74) is 0.375. The zero-order chi connectivity index (χ0) is 18.3. The Balaban J connectivity index is 2.07. The molecule has 9 heteroatoms. The first-order valence-corrected chi connectivity index (χ1v) is 7.12. The van der Waals surface area contributed by atoms with Crippen molar-refractivity contribution in [2.45, 2.75) is 18.6 Å². The second-order valence-corrected chi connectivity index (χ2v) is 5.51. The van der Waals surface area contributed by atoms with Crippen LogP contribution < -0.4 is 4.74 Å². The van der Waals surface area contributed by atoms with E-state index in [0.29, 0.717) is 0 Å². The summed E-state index contributed by atoms with van der Waals surface area (Å²) in [5.74, 6) is -2.44. The number of ether oxygens (including phenoxy) is 2. The van der Waals surface area contributed by atoms with Gasteiger partial charge in [0.25, 0.3) is 0 Å². The standard InChI is InChI=1S/C16H14O9/c17-7-3-9(18)8-5-13(25-16(22)23)15(24-12(8)4-7)6-1-10(19)14(21)11(20)2-6/h1-4,13,15,17-21H,5H2,(H,22,23)/t13-,15-/m1/s1. The van der Waals surface area contributed by atoms with Gasteiger partial charge in [0, 0.05) is 29.7 Å². The number of benzene rings is 2. The predicted molar refractivity (Wildman–Crippen MR) is 81.2 cm³/mol. The minimum atomic E-state index is -1.58. The molecule has 1 heterocycles. The van der Waals surface area contributed by atoms with E-state index in [-0.39, 0.29) is 34.8 Å². The molecule has 25 heavy (non-hydrogen) atoms. The molecule has 0 fully saturated rings. The van der Waals surface area contributed by atoms with Crippen LogP contribution in [-0.4, -0.2) is 42.9 Å². The maximum Gasteiger partial charge on any atom is 0.506 e. The molecule has 9 nitrogen and oxygen atoms in total. The van der Waals surface area contributed by atoms with Gasteiger partial charge in [0.05, 0.1) is 0 Å². The normalized spacial score (nSPS) is 18.9. The number of phenolic OH excluding ortho intramolecular Hbond substituents is 5. The Morgan fingerprint density at radius 1 is 1.00 bits per heavy atom. The first-order valence-electron chi connectivity index (χ1n) is 7.12. The summed E-state index contributed by atoms with van der Waals surface area (Å²) in [6.07, 6.45) is -3.85. The Labute approximate surface area is 140 Å². The van der Waals surface area contributed by atoms with Crippen LogP contribution in [0.3, 0.4) is 0 Å². The molecule has 0 radical (unpaired) electrons. The van der Waals surface area contributed by atoms with E-state index in [2.05, 4.69) is 0 Å².